The molecule has 20 heavy (non-hydrogen) atoms. The van der Waals surface area contributed by atoms with E-state index >= 15 is 0 Å². The van der Waals surface area contributed by atoms with Crippen LogP contribution in [0.1, 0.15) is 15.9 Å². The highest BCUT2D eigenvalue weighted by Crippen LogP contribution is 2.28. The third kappa shape index (κ3) is 3.32. The summed E-state index contributed by atoms with van der Waals surface area (Å²) in [6, 6.07) is 10.8. The Morgan fingerprint density at radius 1 is 1.25 bits per heavy atom. The zero-order valence-corrected chi connectivity index (χ0v) is 13.1. The van der Waals surface area contributed by atoms with Gasteiger partial charge in [0.15, 0.2) is 6.29 Å². The van der Waals surface area contributed by atoms with E-state index < -0.39 is 0 Å². The fraction of sp³-hybridized carbons (Fsp3) is 0.133. The summed E-state index contributed by atoms with van der Waals surface area (Å²) < 4.78 is 11.7. The highest BCUT2D eigenvalue weighted by atomic mass is 79.9. The fourth-order valence-corrected chi connectivity index (χ4v) is 2.52. The van der Waals surface area contributed by atoms with Gasteiger partial charge in [-0.1, -0.05) is 23.7 Å². The van der Waals surface area contributed by atoms with Crippen molar-refractivity contribution in [1.82, 2.24) is 0 Å². The van der Waals surface area contributed by atoms with Gasteiger partial charge in [0.2, 0.25) is 0 Å². The topological polar surface area (TPSA) is 35.5 Å². The molecule has 0 amide bonds. The first-order chi connectivity index (χ1) is 9.65. The number of halogens is 2. The molecule has 0 aliphatic carbocycles. The Kier molecular flexibility index (Phi) is 5.04. The quantitative estimate of drug-likeness (QED) is 0.741. The lowest BCUT2D eigenvalue weighted by Crippen LogP contribution is -1.99. The van der Waals surface area contributed by atoms with Crippen molar-refractivity contribution in [1.29, 1.82) is 0 Å². The monoisotopic (exact) mass is 354 g/mol. The maximum absolute atomic E-state index is 11.0. The highest BCUT2D eigenvalue weighted by molar-refractivity contribution is 9.10. The van der Waals surface area contributed by atoms with Crippen LogP contribution in [-0.4, -0.2) is 13.4 Å². The minimum atomic E-state index is 0.337. The molecule has 0 radical (unpaired) electrons. The number of ether oxygens (including phenoxy) is 2. The molecule has 0 N–H and O–H groups in total. The minimum absolute atomic E-state index is 0.337. The molecule has 0 spiro atoms. The molecule has 0 unspecified atom stereocenters. The Morgan fingerprint density at radius 2 is 2.05 bits per heavy atom. The summed E-state index contributed by atoms with van der Waals surface area (Å²) in [4.78, 5) is 11.0. The maximum atomic E-state index is 11.0. The van der Waals surface area contributed by atoms with Crippen molar-refractivity contribution in [3.8, 4) is 11.5 Å². The standard InChI is InChI=1S/C15H12BrClO3/c1-19-15-6-5-10(7-12(15)16)9-20-14-4-2-3-13(17)11(14)8-18/h2-8H,9H2,1H3. The Hall–Kier alpha value is -1.52. The van der Waals surface area contributed by atoms with Crippen LogP contribution in [0.3, 0.4) is 0 Å². The van der Waals surface area contributed by atoms with E-state index in [1.807, 2.05) is 18.2 Å². The summed E-state index contributed by atoms with van der Waals surface area (Å²) in [6.07, 6.45) is 0.696. The van der Waals surface area contributed by atoms with Crippen LogP contribution < -0.4 is 9.47 Å². The van der Waals surface area contributed by atoms with Gasteiger partial charge >= 0.3 is 0 Å². The minimum Gasteiger partial charge on any atom is -0.496 e. The predicted molar refractivity (Wildman–Crippen MR) is 81.9 cm³/mol. The molecule has 104 valence electrons. The number of rotatable bonds is 5. The number of hydrogen-bond acceptors (Lipinski definition) is 3. The normalized spacial score (nSPS) is 10.2. The van der Waals surface area contributed by atoms with Gasteiger partial charge in [0.1, 0.15) is 18.1 Å². The van der Waals surface area contributed by atoms with Gasteiger partial charge in [0.25, 0.3) is 0 Å². The molecule has 2 aromatic carbocycles. The smallest absolute Gasteiger partial charge is 0.155 e. The summed E-state index contributed by atoms with van der Waals surface area (Å²) in [5.74, 6) is 1.23. The van der Waals surface area contributed by atoms with Crippen molar-refractivity contribution in [2.75, 3.05) is 7.11 Å². The van der Waals surface area contributed by atoms with Gasteiger partial charge in [-0.25, -0.2) is 0 Å². The van der Waals surface area contributed by atoms with Crippen LogP contribution in [-0.2, 0) is 6.61 Å². The highest BCUT2D eigenvalue weighted by Gasteiger charge is 2.08. The van der Waals surface area contributed by atoms with Crippen LogP contribution >= 0.6 is 27.5 Å². The predicted octanol–water partition coefficient (Wildman–Crippen LogP) is 4.50. The molecular weight excluding hydrogens is 344 g/mol. The Balaban J connectivity index is 2.15. The molecule has 0 bridgehead atoms. The van der Waals surface area contributed by atoms with Crippen molar-refractivity contribution in [2.24, 2.45) is 0 Å². The molecular formula is C15H12BrClO3. The molecule has 3 nitrogen and oxygen atoms in total. The van der Waals surface area contributed by atoms with Gasteiger partial charge in [-0.2, -0.15) is 0 Å². The third-order valence-electron chi connectivity index (χ3n) is 2.74. The van der Waals surface area contributed by atoms with E-state index in [9.17, 15) is 4.79 Å². The first-order valence-electron chi connectivity index (χ1n) is 5.84. The lowest BCUT2D eigenvalue weighted by molar-refractivity contribution is 0.111. The van der Waals surface area contributed by atoms with Crippen LogP contribution in [0.25, 0.3) is 0 Å². The van der Waals surface area contributed by atoms with Crippen LogP contribution in [0, 0.1) is 0 Å². The van der Waals surface area contributed by atoms with Crippen molar-refractivity contribution in [2.45, 2.75) is 6.61 Å². The van der Waals surface area contributed by atoms with Gasteiger partial charge < -0.3 is 9.47 Å². The number of carbonyl (C=O) groups excluding carboxylic acids is 1. The van der Waals surface area contributed by atoms with Crippen molar-refractivity contribution in [3.05, 3.63) is 57.0 Å². The summed E-state index contributed by atoms with van der Waals surface area (Å²) in [6.45, 7) is 0.337. The van der Waals surface area contributed by atoms with Gasteiger partial charge in [0.05, 0.1) is 22.2 Å². The van der Waals surface area contributed by atoms with E-state index in [0.29, 0.717) is 29.2 Å². The number of carbonyl (C=O) groups is 1. The second-order valence-electron chi connectivity index (χ2n) is 4.03. The number of aldehydes is 1. The van der Waals surface area contributed by atoms with Crippen LogP contribution in [0.4, 0.5) is 0 Å². The fourth-order valence-electron chi connectivity index (χ4n) is 1.72. The van der Waals surface area contributed by atoms with E-state index in [2.05, 4.69) is 15.9 Å². The van der Waals surface area contributed by atoms with Gasteiger partial charge in [-0.3, -0.25) is 4.79 Å². The van der Waals surface area contributed by atoms with Crippen molar-refractivity contribution < 1.29 is 14.3 Å². The molecule has 0 saturated carbocycles. The van der Waals surface area contributed by atoms with E-state index in [1.165, 1.54) is 0 Å². The Labute approximate surface area is 130 Å². The van der Waals surface area contributed by atoms with Crippen molar-refractivity contribution in [3.63, 3.8) is 0 Å². The SMILES string of the molecule is COc1ccc(COc2cccc(Cl)c2C=O)cc1Br. The van der Waals surface area contributed by atoms with E-state index in [4.69, 9.17) is 21.1 Å². The zero-order valence-electron chi connectivity index (χ0n) is 10.7. The molecule has 0 aromatic heterocycles. The molecule has 0 aliphatic rings. The van der Waals surface area contributed by atoms with Crippen molar-refractivity contribution >= 4 is 33.8 Å². The molecule has 2 aromatic rings. The van der Waals surface area contributed by atoms with E-state index in [-0.39, 0.29) is 0 Å². The second-order valence-corrected chi connectivity index (χ2v) is 5.29. The first-order valence-corrected chi connectivity index (χ1v) is 7.01. The Bertz CT molecular complexity index is 629. The van der Waals surface area contributed by atoms with Crippen LogP contribution in [0.5, 0.6) is 11.5 Å². The van der Waals surface area contributed by atoms with Gasteiger partial charge in [-0.05, 0) is 45.8 Å². The molecule has 0 aliphatic heterocycles. The maximum Gasteiger partial charge on any atom is 0.155 e. The average molecular weight is 356 g/mol. The van der Waals surface area contributed by atoms with Crippen LogP contribution in [0.2, 0.25) is 5.02 Å². The molecule has 5 heteroatoms. The summed E-state index contributed by atoms with van der Waals surface area (Å²) >= 11 is 9.36. The first kappa shape index (κ1) is 14.9. The lowest BCUT2D eigenvalue weighted by atomic mass is 10.2. The number of hydrogen-bond donors (Lipinski definition) is 0. The Morgan fingerprint density at radius 3 is 2.70 bits per heavy atom. The molecule has 0 saturated heterocycles. The summed E-state index contributed by atoms with van der Waals surface area (Å²) in [7, 11) is 1.61. The number of benzene rings is 2. The number of methoxy groups -OCH3 is 1. The van der Waals surface area contributed by atoms with Crippen LogP contribution in [0.15, 0.2) is 40.9 Å². The van der Waals surface area contributed by atoms with E-state index in [0.717, 1.165) is 15.8 Å². The van der Waals surface area contributed by atoms with Gasteiger partial charge in [-0.15, -0.1) is 0 Å². The third-order valence-corrected chi connectivity index (χ3v) is 3.69. The zero-order chi connectivity index (χ0) is 14.5. The van der Waals surface area contributed by atoms with E-state index in [1.54, 1.807) is 25.3 Å². The van der Waals surface area contributed by atoms with Gasteiger partial charge in [0, 0.05) is 0 Å². The lowest BCUT2D eigenvalue weighted by Gasteiger charge is -2.10. The molecule has 2 rings (SSSR count). The molecule has 0 atom stereocenters. The second kappa shape index (κ2) is 6.77. The average Bonchev–Trinajstić information content (AvgIpc) is 2.45. The largest absolute Gasteiger partial charge is 0.496 e. The molecule has 0 fully saturated rings. The molecule has 0 heterocycles. The summed E-state index contributed by atoms with van der Waals surface area (Å²) in [5, 5.41) is 0.383. The summed E-state index contributed by atoms with van der Waals surface area (Å²) in [5.41, 5.74) is 1.32.